The van der Waals surface area contributed by atoms with Crippen molar-refractivity contribution in [2.24, 2.45) is 0 Å². The van der Waals surface area contributed by atoms with Crippen molar-refractivity contribution < 1.29 is 14.4 Å². The van der Waals surface area contributed by atoms with E-state index in [1.807, 2.05) is 25.1 Å². The van der Waals surface area contributed by atoms with Gasteiger partial charge in [-0.15, -0.1) is 0 Å². The molecule has 0 bridgehead atoms. The third-order valence-corrected chi connectivity index (χ3v) is 8.62. The summed E-state index contributed by atoms with van der Waals surface area (Å²) in [5.41, 5.74) is 7.18. The quantitative estimate of drug-likeness (QED) is 0.413. The second-order valence-electron chi connectivity index (χ2n) is 10.0. The lowest BCUT2D eigenvalue weighted by Crippen LogP contribution is -2.50. The lowest BCUT2D eigenvalue weighted by atomic mass is 9.95. The molecule has 10 heteroatoms. The van der Waals surface area contributed by atoms with Gasteiger partial charge in [0.05, 0.1) is 5.69 Å². The number of nitrogens with two attached hydrogens (primary N) is 1. The highest BCUT2D eigenvalue weighted by Crippen LogP contribution is 2.28. The number of benzene rings is 1. The summed E-state index contributed by atoms with van der Waals surface area (Å²) in [6, 6.07) is 6.77. The molecule has 2 fully saturated rings. The van der Waals surface area contributed by atoms with Crippen molar-refractivity contribution in [1.82, 2.24) is 19.9 Å². The van der Waals surface area contributed by atoms with Gasteiger partial charge in [-0.25, -0.2) is 0 Å². The molecule has 0 saturated heterocycles. The molecule has 0 radical (unpaired) electrons. The fourth-order valence-corrected chi connectivity index (χ4v) is 6.24. The normalized spacial score (nSPS) is 17.4. The predicted molar refractivity (Wildman–Crippen MR) is 147 cm³/mol. The number of anilines is 1. The molecular formula is C27H36ClN5O3S. The largest absolute Gasteiger partial charge is 0.395 e. The molecule has 37 heavy (non-hydrogen) atoms. The average Bonchev–Trinajstić information content (AvgIpc) is 3.54. The van der Waals surface area contributed by atoms with Crippen molar-refractivity contribution in [1.29, 1.82) is 0 Å². The second kappa shape index (κ2) is 12.7. The molecule has 200 valence electrons. The van der Waals surface area contributed by atoms with Gasteiger partial charge in [-0.05, 0) is 55.3 Å². The lowest BCUT2D eigenvalue weighted by molar-refractivity contribution is -0.126. The Bertz CT molecular complexity index is 1110. The maximum absolute atomic E-state index is 13.9. The van der Waals surface area contributed by atoms with Gasteiger partial charge in [0.2, 0.25) is 5.91 Å². The Morgan fingerprint density at radius 2 is 1.68 bits per heavy atom. The predicted octanol–water partition coefficient (Wildman–Crippen LogP) is 4.92. The summed E-state index contributed by atoms with van der Waals surface area (Å²) in [5, 5.41) is 6.65. The van der Waals surface area contributed by atoms with Crippen LogP contribution in [0.2, 0.25) is 5.02 Å². The Morgan fingerprint density at radius 3 is 2.32 bits per heavy atom. The van der Waals surface area contributed by atoms with Gasteiger partial charge in [0.15, 0.2) is 5.69 Å². The maximum Gasteiger partial charge on any atom is 0.273 e. The number of hydrogen-bond donors (Lipinski definition) is 3. The first kappa shape index (κ1) is 27.4. The van der Waals surface area contributed by atoms with Gasteiger partial charge in [-0.1, -0.05) is 68.8 Å². The van der Waals surface area contributed by atoms with Crippen LogP contribution in [0.4, 0.5) is 5.69 Å². The van der Waals surface area contributed by atoms with Crippen LogP contribution in [0.15, 0.2) is 24.3 Å². The van der Waals surface area contributed by atoms with E-state index in [1.54, 1.807) is 6.07 Å². The molecule has 2 aromatic rings. The zero-order chi connectivity index (χ0) is 26.4. The van der Waals surface area contributed by atoms with E-state index in [4.69, 9.17) is 17.3 Å². The number of rotatable bonds is 9. The molecule has 0 unspecified atom stereocenters. The molecule has 0 aliphatic heterocycles. The highest BCUT2D eigenvalue weighted by atomic mass is 35.5. The summed E-state index contributed by atoms with van der Waals surface area (Å²) in [6.07, 6.45) is 9.70. The maximum atomic E-state index is 13.9. The van der Waals surface area contributed by atoms with Gasteiger partial charge in [0.1, 0.15) is 10.9 Å². The molecule has 3 amide bonds. The molecule has 1 aromatic carbocycles. The molecule has 1 heterocycles. The lowest BCUT2D eigenvalue weighted by Gasteiger charge is -2.31. The number of hydrogen-bond acceptors (Lipinski definition) is 6. The number of nitrogens with one attached hydrogen (secondary N) is 2. The van der Waals surface area contributed by atoms with Crippen LogP contribution in [0.1, 0.15) is 96.9 Å². The van der Waals surface area contributed by atoms with Crippen LogP contribution < -0.4 is 16.4 Å². The fraction of sp³-hybridized carbons (Fsp3) is 0.556. The molecule has 4 rings (SSSR count). The summed E-state index contributed by atoms with van der Waals surface area (Å²) in [4.78, 5) is 41.9. The van der Waals surface area contributed by atoms with E-state index in [2.05, 4.69) is 15.0 Å². The van der Waals surface area contributed by atoms with Crippen molar-refractivity contribution in [3.05, 3.63) is 45.4 Å². The van der Waals surface area contributed by atoms with Gasteiger partial charge in [-0.3, -0.25) is 14.4 Å². The minimum absolute atomic E-state index is 0.0542. The molecule has 2 aliphatic rings. The monoisotopic (exact) mass is 545 g/mol. The number of nitrogens with zero attached hydrogens (tertiary/aromatic N) is 2. The zero-order valence-electron chi connectivity index (χ0n) is 21.3. The van der Waals surface area contributed by atoms with Gasteiger partial charge < -0.3 is 21.3 Å². The van der Waals surface area contributed by atoms with Crippen molar-refractivity contribution in [2.75, 3.05) is 5.73 Å². The van der Waals surface area contributed by atoms with Crippen LogP contribution in [-0.2, 0) is 11.3 Å². The van der Waals surface area contributed by atoms with E-state index in [1.165, 1.54) is 11.3 Å². The first-order valence-corrected chi connectivity index (χ1v) is 14.4. The Balaban J connectivity index is 1.58. The number of halogens is 1. The summed E-state index contributed by atoms with van der Waals surface area (Å²) in [6.45, 7) is 2.01. The number of carbonyl (C=O) groups excluding carboxylic acids is 3. The van der Waals surface area contributed by atoms with Crippen LogP contribution in [-0.4, -0.2) is 45.1 Å². The Kier molecular flexibility index (Phi) is 9.43. The summed E-state index contributed by atoms with van der Waals surface area (Å²) in [7, 11) is 0. The molecule has 2 aliphatic carbocycles. The summed E-state index contributed by atoms with van der Waals surface area (Å²) in [5.74, 6) is -0.975. The minimum Gasteiger partial charge on any atom is -0.395 e. The van der Waals surface area contributed by atoms with Crippen LogP contribution in [0, 0.1) is 0 Å². The van der Waals surface area contributed by atoms with E-state index in [-0.39, 0.29) is 46.7 Å². The van der Waals surface area contributed by atoms with Crippen LogP contribution in [0.5, 0.6) is 0 Å². The molecule has 1 aromatic heterocycles. The van der Waals surface area contributed by atoms with E-state index in [0.29, 0.717) is 11.4 Å². The Hall–Kier alpha value is -2.65. The number of amides is 3. The average molecular weight is 546 g/mol. The Morgan fingerprint density at radius 1 is 1.05 bits per heavy atom. The number of aromatic nitrogens is 1. The molecule has 8 nitrogen and oxygen atoms in total. The van der Waals surface area contributed by atoms with Gasteiger partial charge in [0.25, 0.3) is 11.8 Å². The molecule has 4 N–H and O–H groups in total. The molecule has 0 spiro atoms. The van der Waals surface area contributed by atoms with Gasteiger partial charge in [0, 0.05) is 23.7 Å². The number of carbonyl (C=O) groups is 3. The van der Waals surface area contributed by atoms with Crippen LogP contribution in [0.3, 0.4) is 0 Å². The highest BCUT2D eigenvalue weighted by Gasteiger charge is 2.34. The zero-order valence-corrected chi connectivity index (χ0v) is 22.9. The van der Waals surface area contributed by atoms with Crippen LogP contribution >= 0.6 is 23.1 Å². The minimum atomic E-state index is -0.717. The summed E-state index contributed by atoms with van der Waals surface area (Å²) >= 11 is 7.33. The Labute approximate surface area is 227 Å². The summed E-state index contributed by atoms with van der Waals surface area (Å²) < 4.78 is 4.25. The van der Waals surface area contributed by atoms with E-state index < -0.39 is 11.9 Å². The SMILES string of the molecule is CC[C@@H](C(=O)NC1CCCC1)N(Cc1ccccc1Cl)C(=O)c1snc(C(=O)NC2CCCCC2)c1N. The second-order valence-corrected chi connectivity index (χ2v) is 11.2. The molecule has 1 atom stereocenters. The fourth-order valence-electron chi connectivity index (χ4n) is 5.29. The molecular weight excluding hydrogens is 510 g/mol. The topological polar surface area (TPSA) is 117 Å². The highest BCUT2D eigenvalue weighted by molar-refractivity contribution is 7.09. The standard InChI is InChI=1S/C27H36ClN5O3S/c1-2-21(25(34)30-18-13-7-8-14-18)33(16-17-10-6-9-15-20(17)28)27(36)24-22(29)23(32-37-24)26(35)31-19-11-4-3-5-12-19/h6,9-10,15,18-19,21H,2-5,7-8,11-14,16,29H2,1H3,(H,30,34)(H,31,35)/t21-/m0/s1. The van der Waals surface area contributed by atoms with Crippen molar-refractivity contribution >= 4 is 46.5 Å². The van der Waals surface area contributed by atoms with Crippen molar-refractivity contribution in [2.45, 2.75) is 95.8 Å². The van der Waals surface area contributed by atoms with Gasteiger partial charge >= 0.3 is 0 Å². The van der Waals surface area contributed by atoms with E-state index >= 15 is 0 Å². The molecule has 2 saturated carbocycles. The van der Waals surface area contributed by atoms with Crippen molar-refractivity contribution in [3.8, 4) is 0 Å². The smallest absolute Gasteiger partial charge is 0.273 e. The van der Waals surface area contributed by atoms with E-state index in [9.17, 15) is 14.4 Å². The third kappa shape index (κ3) is 6.62. The van der Waals surface area contributed by atoms with Crippen molar-refractivity contribution in [3.63, 3.8) is 0 Å². The number of nitrogen functional groups attached to an aromatic ring is 1. The third-order valence-electron chi connectivity index (χ3n) is 7.40. The first-order chi connectivity index (χ1) is 17.9. The first-order valence-electron chi connectivity index (χ1n) is 13.3. The van der Waals surface area contributed by atoms with Crippen LogP contribution in [0.25, 0.3) is 0 Å². The van der Waals surface area contributed by atoms with Gasteiger partial charge in [-0.2, -0.15) is 4.37 Å². The van der Waals surface area contributed by atoms with E-state index in [0.717, 1.165) is 68.5 Å².